The van der Waals surface area contributed by atoms with Crippen molar-refractivity contribution in [2.75, 3.05) is 33.4 Å². The summed E-state index contributed by atoms with van der Waals surface area (Å²) in [6.07, 6.45) is 6.04. The van der Waals surface area contributed by atoms with Crippen molar-refractivity contribution in [1.82, 2.24) is 29.7 Å². The number of likely N-dealkylation sites (tertiary alicyclic amines) is 1. The van der Waals surface area contributed by atoms with E-state index in [2.05, 4.69) is 71.2 Å². The van der Waals surface area contributed by atoms with Gasteiger partial charge in [-0.2, -0.15) is 10.2 Å². The Balaban J connectivity index is 1.39. The molecule has 178 valence electrons. The smallest absolute Gasteiger partial charge is 0.158 e. The lowest BCUT2D eigenvalue weighted by Gasteiger charge is -2.32. The molecule has 0 amide bonds. The van der Waals surface area contributed by atoms with Gasteiger partial charge in [-0.05, 0) is 61.9 Å². The van der Waals surface area contributed by atoms with E-state index in [1.165, 1.54) is 24.0 Å². The van der Waals surface area contributed by atoms with Crippen LogP contribution in [0.3, 0.4) is 0 Å². The van der Waals surface area contributed by atoms with Crippen molar-refractivity contribution >= 4 is 5.65 Å². The van der Waals surface area contributed by atoms with E-state index in [-0.39, 0.29) is 0 Å². The van der Waals surface area contributed by atoms with Gasteiger partial charge in [-0.3, -0.25) is 5.10 Å². The molecule has 1 aliphatic heterocycles. The Hall–Kier alpha value is -3.03. The van der Waals surface area contributed by atoms with Gasteiger partial charge in [0, 0.05) is 36.5 Å². The lowest BCUT2D eigenvalue weighted by atomic mass is 9.88. The Bertz CT molecular complexity index is 1250. The number of aryl methyl sites for hydroxylation is 1. The number of rotatable bonds is 7. The van der Waals surface area contributed by atoms with Crippen LogP contribution in [0.4, 0.5) is 0 Å². The van der Waals surface area contributed by atoms with Crippen LogP contribution in [0.15, 0.2) is 42.9 Å². The molecule has 0 radical (unpaired) electrons. The Kier molecular flexibility index (Phi) is 6.48. The number of aromatic amines is 1. The minimum absolute atomic E-state index is 0.326. The average molecular weight is 459 g/mol. The highest BCUT2D eigenvalue weighted by atomic mass is 16.5. The Morgan fingerprint density at radius 2 is 1.88 bits per heavy atom. The van der Waals surface area contributed by atoms with E-state index in [1.54, 1.807) is 13.4 Å². The fourth-order valence-electron chi connectivity index (χ4n) is 5.21. The van der Waals surface area contributed by atoms with E-state index in [4.69, 9.17) is 9.84 Å². The second-order valence-electron chi connectivity index (χ2n) is 9.69. The second-order valence-corrected chi connectivity index (χ2v) is 9.69. The van der Waals surface area contributed by atoms with Gasteiger partial charge in [0.05, 0.1) is 18.0 Å². The van der Waals surface area contributed by atoms with Gasteiger partial charge in [0.2, 0.25) is 0 Å². The third kappa shape index (κ3) is 4.38. The first-order valence-corrected chi connectivity index (χ1v) is 12.3. The van der Waals surface area contributed by atoms with Crippen LogP contribution >= 0.6 is 0 Å². The molecule has 1 N–H and O–H groups in total. The van der Waals surface area contributed by atoms with Crippen LogP contribution < -0.4 is 0 Å². The number of nitrogens with one attached hydrogen (secondary N) is 1. The summed E-state index contributed by atoms with van der Waals surface area (Å²) in [5.41, 5.74) is 8.97. The predicted octanol–water partition coefficient (Wildman–Crippen LogP) is 5.04. The first-order valence-electron chi connectivity index (χ1n) is 12.3. The molecule has 4 aromatic rings. The van der Waals surface area contributed by atoms with Crippen LogP contribution in [0.5, 0.6) is 0 Å². The number of nitrogens with zero attached hydrogens (tertiary/aromatic N) is 5. The van der Waals surface area contributed by atoms with Crippen LogP contribution in [-0.2, 0) is 4.74 Å². The molecule has 0 unspecified atom stereocenters. The molecule has 1 aromatic carbocycles. The van der Waals surface area contributed by atoms with Crippen LogP contribution in [0.2, 0.25) is 0 Å². The summed E-state index contributed by atoms with van der Waals surface area (Å²) < 4.78 is 7.07. The highest BCUT2D eigenvalue weighted by molar-refractivity contribution is 5.76. The molecule has 1 aliphatic rings. The third-order valence-corrected chi connectivity index (χ3v) is 7.08. The fraction of sp³-hybridized carbons (Fsp3) is 0.444. The third-order valence-electron chi connectivity index (χ3n) is 7.08. The topological polar surface area (TPSA) is 71.3 Å². The van der Waals surface area contributed by atoms with E-state index in [0.717, 1.165) is 60.0 Å². The van der Waals surface area contributed by atoms with E-state index in [1.807, 2.05) is 10.7 Å². The highest BCUT2D eigenvalue weighted by Gasteiger charge is 2.22. The molecule has 0 bridgehead atoms. The molecule has 3 aromatic heterocycles. The zero-order valence-electron chi connectivity index (χ0n) is 20.6. The number of benzene rings is 1. The van der Waals surface area contributed by atoms with E-state index >= 15 is 0 Å². The van der Waals surface area contributed by atoms with Crippen molar-refractivity contribution in [3.63, 3.8) is 0 Å². The molecular formula is C27H34N6O. The SMILES string of the molecule is COCCN1CCC(c2ccc(-c3n[nH]c(-c4cc(C)c5ncnn5c4)c3C(C)C)cc2)CC1. The summed E-state index contributed by atoms with van der Waals surface area (Å²) in [6.45, 7) is 10.7. The molecule has 7 nitrogen and oxygen atoms in total. The molecular weight excluding hydrogens is 424 g/mol. The predicted molar refractivity (Wildman–Crippen MR) is 135 cm³/mol. The van der Waals surface area contributed by atoms with Crippen molar-refractivity contribution in [3.05, 3.63) is 59.5 Å². The van der Waals surface area contributed by atoms with Crippen molar-refractivity contribution in [2.45, 2.75) is 45.4 Å². The number of piperidine rings is 1. The van der Waals surface area contributed by atoms with Gasteiger partial charge >= 0.3 is 0 Å². The van der Waals surface area contributed by atoms with Gasteiger partial charge in [0.25, 0.3) is 0 Å². The molecule has 0 atom stereocenters. The quantitative estimate of drug-likeness (QED) is 0.420. The van der Waals surface area contributed by atoms with Crippen molar-refractivity contribution < 1.29 is 4.74 Å². The van der Waals surface area contributed by atoms with Gasteiger partial charge in [0.1, 0.15) is 6.33 Å². The number of hydrogen-bond donors (Lipinski definition) is 1. The number of fused-ring (bicyclic) bond motifs is 1. The maximum absolute atomic E-state index is 5.23. The first kappa shape index (κ1) is 22.7. The first-order chi connectivity index (χ1) is 16.5. The number of H-pyrrole nitrogens is 1. The zero-order chi connectivity index (χ0) is 23.7. The van der Waals surface area contributed by atoms with Gasteiger partial charge in [-0.1, -0.05) is 38.1 Å². The second kappa shape index (κ2) is 9.68. The minimum atomic E-state index is 0.326. The Morgan fingerprint density at radius 3 is 2.59 bits per heavy atom. The average Bonchev–Trinajstić information content (AvgIpc) is 3.51. The van der Waals surface area contributed by atoms with Crippen LogP contribution in [0, 0.1) is 6.92 Å². The lowest BCUT2D eigenvalue weighted by Crippen LogP contribution is -2.35. The summed E-state index contributed by atoms with van der Waals surface area (Å²) in [6, 6.07) is 11.2. The fourth-order valence-corrected chi connectivity index (χ4v) is 5.21. The maximum atomic E-state index is 5.23. The standard InChI is InChI=1S/C27H34N6O/c1-18(2)24-25(30-31-26(24)23-15-19(3)27-28-17-29-33(27)16-23)22-7-5-20(6-8-22)21-9-11-32(12-10-21)13-14-34-4/h5-8,15-18,21H,9-14H2,1-4H3,(H,30,31). The van der Waals surface area contributed by atoms with Gasteiger partial charge in [0.15, 0.2) is 5.65 Å². The number of hydrogen-bond acceptors (Lipinski definition) is 5. The monoisotopic (exact) mass is 458 g/mol. The number of ether oxygens (including phenoxy) is 1. The summed E-state index contributed by atoms with van der Waals surface area (Å²) >= 11 is 0. The zero-order valence-corrected chi connectivity index (χ0v) is 20.6. The summed E-state index contributed by atoms with van der Waals surface area (Å²) in [5.74, 6) is 0.955. The van der Waals surface area contributed by atoms with E-state index in [0.29, 0.717) is 11.8 Å². The maximum Gasteiger partial charge on any atom is 0.158 e. The molecule has 5 rings (SSSR count). The molecule has 4 heterocycles. The molecule has 1 fully saturated rings. The molecule has 0 spiro atoms. The van der Waals surface area contributed by atoms with E-state index < -0.39 is 0 Å². The number of pyridine rings is 1. The van der Waals surface area contributed by atoms with Crippen LogP contribution in [0.1, 0.15) is 55.2 Å². The van der Waals surface area contributed by atoms with E-state index in [9.17, 15) is 0 Å². The van der Waals surface area contributed by atoms with Gasteiger partial charge in [-0.15, -0.1) is 0 Å². The van der Waals surface area contributed by atoms with Gasteiger partial charge < -0.3 is 9.64 Å². The lowest BCUT2D eigenvalue weighted by molar-refractivity contribution is 0.130. The molecule has 34 heavy (non-hydrogen) atoms. The molecule has 0 saturated carbocycles. The highest BCUT2D eigenvalue weighted by Crippen LogP contribution is 2.37. The molecule has 1 saturated heterocycles. The van der Waals surface area contributed by atoms with Crippen molar-refractivity contribution in [2.24, 2.45) is 0 Å². The van der Waals surface area contributed by atoms with Crippen molar-refractivity contribution in [3.8, 4) is 22.5 Å². The minimum Gasteiger partial charge on any atom is -0.383 e. The van der Waals surface area contributed by atoms with Gasteiger partial charge in [-0.25, -0.2) is 9.50 Å². The number of aromatic nitrogens is 5. The normalized spacial score (nSPS) is 15.6. The largest absolute Gasteiger partial charge is 0.383 e. The summed E-state index contributed by atoms with van der Waals surface area (Å²) in [7, 11) is 1.78. The van der Waals surface area contributed by atoms with Crippen molar-refractivity contribution in [1.29, 1.82) is 0 Å². The number of methoxy groups -OCH3 is 1. The van der Waals surface area contributed by atoms with Crippen LogP contribution in [0.25, 0.3) is 28.2 Å². The molecule has 0 aliphatic carbocycles. The summed E-state index contributed by atoms with van der Waals surface area (Å²) in [5, 5.41) is 12.4. The summed E-state index contributed by atoms with van der Waals surface area (Å²) in [4.78, 5) is 6.85. The Morgan fingerprint density at radius 1 is 1.12 bits per heavy atom. The van der Waals surface area contributed by atoms with Crippen LogP contribution in [-0.4, -0.2) is 63.0 Å². The Labute approximate surface area is 201 Å². The molecule has 7 heteroatoms.